The number of hydrogen-bond acceptors (Lipinski definition) is 4. The molecule has 0 aliphatic carbocycles. The van der Waals surface area contributed by atoms with E-state index in [0.717, 1.165) is 24.9 Å². The highest BCUT2D eigenvalue weighted by Gasteiger charge is 2.41. The number of fused-ring (bicyclic) bond motifs is 2. The third-order valence-corrected chi connectivity index (χ3v) is 5.07. The Morgan fingerprint density at radius 3 is 2.79 bits per heavy atom. The lowest BCUT2D eigenvalue weighted by Crippen LogP contribution is -2.52. The van der Waals surface area contributed by atoms with Gasteiger partial charge in [-0.25, -0.2) is 4.39 Å². The van der Waals surface area contributed by atoms with Gasteiger partial charge in [-0.1, -0.05) is 0 Å². The molecule has 0 radical (unpaired) electrons. The number of nitrogens with one attached hydrogen (secondary N) is 2. The van der Waals surface area contributed by atoms with E-state index in [0.29, 0.717) is 23.2 Å². The monoisotopic (exact) mass is 331 g/mol. The van der Waals surface area contributed by atoms with Gasteiger partial charge in [0.2, 0.25) is 11.8 Å². The van der Waals surface area contributed by atoms with Crippen LogP contribution in [0.15, 0.2) is 6.07 Å². The number of benzene rings is 1. The molecule has 0 spiro atoms. The lowest BCUT2D eigenvalue weighted by atomic mass is 9.96. The summed E-state index contributed by atoms with van der Waals surface area (Å²) in [7, 11) is 0. The molecule has 2 N–H and O–H groups in total. The third-order valence-electron chi connectivity index (χ3n) is 5.07. The molecule has 3 heterocycles. The predicted octanol–water partition coefficient (Wildman–Crippen LogP) is 0.623. The quantitative estimate of drug-likeness (QED) is 0.740. The molecule has 4 rings (SSSR count). The van der Waals surface area contributed by atoms with Crippen LogP contribution in [0.1, 0.15) is 46.3 Å². The minimum absolute atomic E-state index is 0.0829. The van der Waals surface area contributed by atoms with Crippen molar-refractivity contribution < 1.29 is 18.8 Å². The Labute approximate surface area is 138 Å². The number of carbonyl (C=O) groups is 3. The lowest BCUT2D eigenvalue weighted by molar-refractivity contribution is -0.136. The van der Waals surface area contributed by atoms with Crippen LogP contribution >= 0.6 is 0 Å². The molecule has 3 aliphatic rings. The number of aryl methyl sites for hydroxylation is 1. The normalized spacial score (nSPS) is 23.6. The van der Waals surface area contributed by atoms with Gasteiger partial charge < -0.3 is 10.2 Å². The van der Waals surface area contributed by atoms with E-state index in [4.69, 9.17) is 0 Å². The summed E-state index contributed by atoms with van der Waals surface area (Å²) in [6.07, 6.45) is 2.11. The van der Waals surface area contributed by atoms with Gasteiger partial charge in [0.25, 0.3) is 5.91 Å². The second-order valence-electron chi connectivity index (χ2n) is 6.53. The summed E-state index contributed by atoms with van der Waals surface area (Å²) in [6.45, 7) is 1.37. The second-order valence-corrected chi connectivity index (χ2v) is 6.53. The maximum Gasteiger partial charge on any atom is 0.255 e. The second kappa shape index (κ2) is 5.66. The SMILES string of the molecule is O=C1CCC(N2Cc3c(cc4c(c3F)CNCCC4)C2=O)C(=O)N1. The van der Waals surface area contributed by atoms with Gasteiger partial charge in [0.15, 0.2) is 0 Å². The van der Waals surface area contributed by atoms with Crippen molar-refractivity contribution in [1.29, 1.82) is 0 Å². The first-order valence-corrected chi connectivity index (χ1v) is 8.24. The molecule has 1 unspecified atom stereocenters. The summed E-state index contributed by atoms with van der Waals surface area (Å²) in [5.41, 5.74) is 2.23. The summed E-state index contributed by atoms with van der Waals surface area (Å²) in [6, 6.07) is 1.08. The third kappa shape index (κ3) is 2.31. The fourth-order valence-electron chi connectivity index (χ4n) is 3.79. The van der Waals surface area contributed by atoms with E-state index >= 15 is 0 Å². The van der Waals surface area contributed by atoms with Crippen LogP contribution in [0, 0.1) is 5.82 Å². The highest BCUT2D eigenvalue weighted by Crippen LogP contribution is 2.33. The maximum atomic E-state index is 14.9. The Bertz CT molecular complexity index is 762. The van der Waals surface area contributed by atoms with Crippen LogP contribution in [0.2, 0.25) is 0 Å². The molecule has 126 valence electrons. The molecule has 1 aromatic carbocycles. The molecule has 0 saturated carbocycles. The molecular weight excluding hydrogens is 313 g/mol. The Morgan fingerprint density at radius 1 is 1.17 bits per heavy atom. The van der Waals surface area contributed by atoms with Crippen LogP contribution in [-0.4, -0.2) is 35.2 Å². The zero-order chi connectivity index (χ0) is 16.8. The van der Waals surface area contributed by atoms with Gasteiger partial charge in [0.1, 0.15) is 11.9 Å². The molecule has 1 saturated heterocycles. The lowest BCUT2D eigenvalue weighted by Gasteiger charge is -2.29. The number of rotatable bonds is 1. The fraction of sp³-hybridized carbons (Fsp3) is 0.471. The van der Waals surface area contributed by atoms with Gasteiger partial charge in [-0.15, -0.1) is 0 Å². The molecule has 24 heavy (non-hydrogen) atoms. The smallest absolute Gasteiger partial charge is 0.255 e. The molecule has 7 heteroatoms. The predicted molar refractivity (Wildman–Crippen MR) is 82.5 cm³/mol. The number of halogens is 1. The highest BCUT2D eigenvalue weighted by molar-refractivity contribution is 6.05. The summed E-state index contributed by atoms with van der Waals surface area (Å²) in [5, 5.41) is 5.45. The number of imide groups is 1. The van der Waals surface area contributed by atoms with Crippen LogP contribution < -0.4 is 10.6 Å². The summed E-state index contributed by atoms with van der Waals surface area (Å²) < 4.78 is 14.9. The first kappa shape index (κ1) is 15.3. The maximum absolute atomic E-state index is 14.9. The Hall–Kier alpha value is -2.28. The van der Waals surface area contributed by atoms with Crippen LogP contribution in [0.3, 0.4) is 0 Å². The molecule has 3 aliphatic heterocycles. The largest absolute Gasteiger partial charge is 0.322 e. The number of nitrogens with zero attached hydrogens (tertiary/aromatic N) is 1. The van der Waals surface area contributed by atoms with Gasteiger partial charge in [-0.3, -0.25) is 19.7 Å². The van der Waals surface area contributed by atoms with E-state index in [-0.39, 0.29) is 37.0 Å². The first-order valence-electron chi connectivity index (χ1n) is 8.24. The van der Waals surface area contributed by atoms with Gasteiger partial charge >= 0.3 is 0 Å². The van der Waals surface area contributed by atoms with Crippen LogP contribution in [0.5, 0.6) is 0 Å². The van der Waals surface area contributed by atoms with Crippen molar-refractivity contribution >= 4 is 17.7 Å². The zero-order valence-electron chi connectivity index (χ0n) is 13.2. The van der Waals surface area contributed by atoms with Gasteiger partial charge in [0, 0.05) is 29.7 Å². The standard InChI is InChI=1S/C17H18FN3O3/c18-15-11-7-19-5-1-2-9(11)6-10-12(15)8-21(17(10)24)13-3-4-14(22)20-16(13)23/h6,13,19H,1-5,7-8H2,(H,20,22,23). The van der Waals surface area contributed by atoms with Crippen LogP contribution in [0.4, 0.5) is 4.39 Å². The number of hydrogen-bond donors (Lipinski definition) is 2. The van der Waals surface area contributed by atoms with Crippen molar-refractivity contribution in [3.05, 3.63) is 34.1 Å². The number of carbonyl (C=O) groups excluding carboxylic acids is 3. The van der Waals surface area contributed by atoms with E-state index < -0.39 is 11.9 Å². The van der Waals surface area contributed by atoms with Gasteiger partial charge in [-0.2, -0.15) is 0 Å². The zero-order valence-corrected chi connectivity index (χ0v) is 13.2. The molecule has 6 nitrogen and oxygen atoms in total. The van der Waals surface area contributed by atoms with Crippen molar-refractivity contribution in [2.45, 2.75) is 44.8 Å². The van der Waals surface area contributed by atoms with Crippen molar-refractivity contribution in [3.8, 4) is 0 Å². The topological polar surface area (TPSA) is 78.5 Å². The molecule has 3 amide bonds. The Balaban J connectivity index is 1.69. The molecule has 1 aromatic rings. The van der Waals surface area contributed by atoms with Crippen LogP contribution in [-0.2, 0) is 29.1 Å². The highest BCUT2D eigenvalue weighted by atomic mass is 19.1. The summed E-state index contributed by atoms with van der Waals surface area (Å²) in [5.74, 6) is -1.46. The summed E-state index contributed by atoms with van der Waals surface area (Å²) in [4.78, 5) is 37.5. The van der Waals surface area contributed by atoms with E-state index in [1.54, 1.807) is 6.07 Å². The van der Waals surface area contributed by atoms with Crippen molar-refractivity contribution in [2.24, 2.45) is 0 Å². The van der Waals surface area contributed by atoms with Crippen molar-refractivity contribution in [3.63, 3.8) is 0 Å². The van der Waals surface area contributed by atoms with Crippen molar-refractivity contribution in [2.75, 3.05) is 6.54 Å². The first-order chi connectivity index (χ1) is 11.6. The van der Waals surface area contributed by atoms with E-state index in [9.17, 15) is 18.8 Å². The minimum Gasteiger partial charge on any atom is -0.322 e. The average molecular weight is 331 g/mol. The van der Waals surface area contributed by atoms with Gasteiger partial charge in [-0.05, 0) is 37.4 Å². The summed E-state index contributed by atoms with van der Waals surface area (Å²) >= 11 is 0. The molecule has 0 bridgehead atoms. The van der Waals surface area contributed by atoms with Gasteiger partial charge in [0.05, 0.1) is 6.54 Å². The van der Waals surface area contributed by atoms with E-state index in [1.807, 2.05) is 0 Å². The fourth-order valence-corrected chi connectivity index (χ4v) is 3.79. The Kier molecular flexibility index (Phi) is 3.60. The van der Waals surface area contributed by atoms with Crippen LogP contribution in [0.25, 0.3) is 0 Å². The van der Waals surface area contributed by atoms with E-state index in [2.05, 4.69) is 10.6 Å². The molecule has 0 aromatic heterocycles. The van der Waals surface area contributed by atoms with E-state index in [1.165, 1.54) is 4.90 Å². The van der Waals surface area contributed by atoms with Crippen molar-refractivity contribution in [1.82, 2.24) is 15.5 Å². The number of piperidine rings is 1. The molecule has 1 atom stereocenters. The minimum atomic E-state index is -0.708. The molecular formula is C17H18FN3O3. The Morgan fingerprint density at radius 2 is 2.00 bits per heavy atom. The number of amides is 3. The molecule has 1 fully saturated rings. The average Bonchev–Trinajstić information content (AvgIpc) is 2.73.